The molecule has 0 saturated heterocycles. The Balaban J connectivity index is 2.55. The molecule has 0 aliphatic carbocycles. The quantitative estimate of drug-likeness (QED) is 0.722. The van der Waals surface area contributed by atoms with E-state index in [4.69, 9.17) is 9.88 Å². The predicted molar refractivity (Wildman–Crippen MR) is 69.3 cm³/mol. The van der Waals surface area contributed by atoms with E-state index in [1.54, 1.807) is 0 Å². The number of nitrogens with one attached hydrogen (secondary N) is 1. The van der Waals surface area contributed by atoms with Crippen LogP contribution in [0.5, 0.6) is 0 Å². The second-order valence-corrected chi connectivity index (χ2v) is 5.39. The van der Waals surface area contributed by atoms with Gasteiger partial charge in [0.05, 0.1) is 13.2 Å². The van der Waals surface area contributed by atoms with E-state index in [2.05, 4.69) is 15.2 Å². The Morgan fingerprint density at radius 3 is 2.70 bits per heavy atom. The molecule has 0 aliphatic rings. The number of hydrogen-bond donors (Lipinski definition) is 2. The highest BCUT2D eigenvalue weighted by molar-refractivity contribution is 7.89. The van der Waals surface area contributed by atoms with Gasteiger partial charge in [0.25, 0.3) is 15.2 Å². The third-order valence-corrected chi connectivity index (χ3v) is 3.34. The first-order valence-electron chi connectivity index (χ1n) is 5.57. The zero-order chi connectivity index (χ0) is 14.8. The van der Waals surface area contributed by atoms with Gasteiger partial charge in [-0.3, -0.25) is 9.36 Å². The zero-order valence-corrected chi connectivity index (χ0v) is 11.4. The third kappa shape index (κ3) is 2.92. The van der Waals surface area contributed by atoms with E-state index >= 15 is 0 Å². The lowest BCUT2D eigenvalue weighted by Crippen LogP contribution is -2.20. The van der Waals surface area contributed by atoms with Crippen LogP contribution in [-0.2, 0) is 21.3 Å². The summed E-state index contributed by atoms with van der Waals surface area (Å²) in [5, 5.41) is 12.1. The maximum absolute atomic E-state index is 11.5. The number of nitrogens with zero attached hydrogens (tertiary/aromatic N) is 3. The minimum absolute atomic E-state index is 0.212. The molecule has 0 unspecified atom stereocenters. The van der Waals surface area contributed by atoms with Crippen molar-refractivity contribution in [3.05, 3.63) is 28.7 Å². The molecule has 108 valence electrons. The fourth-order valence-electron chi connectivity index (χ4n) is 1.65. The monoisotopic (exact) mass is 299 g/mol. The van der Waals surface area contributed by atoms with Gasteiger partial charge in [-0.2, -0.15) is 0 Å². The SMILES string of the molecule is COCCn1c(-c2ccc(=O)[nH]c2)nnc1S(N)(=O)=O. The van der Waals surface area contributed by atoms with E-state index in [0.717, 1.165) is 0 Å². The van der Waals surface area contributed by atoms with Crippen LogP contribution in [0.1, 0.15) is 0 Å². The molecule has 0 amide bonds. The van der Waals surface area contributed by atoms with Gasteiger partial charge in [0.15, 0.2) is 5.82 Å². The number of hydrogen-bond acceptors (Lipinski definition) is 6. The van der Waals surface area contributed by atoms with Crippen LogP contribution < -0.4 is 10.7 Å². The van der Waals surface area contributed by atoms with Gasteiger partial charge in [0.1, 0.15) is 0 Å². The molecule has 0 saturated carbocycles. The molecule has 3 N–H and O–H groups in total. The molecule has 9 nitrogen and oxygen atoms in total. The summed E-state index contributed by atoms with van der Waals surface area (Å²) < 4.78 is 29.2. The van der Waals surface area contributed by atoms with E-state index in [9.17, 15) is 13.2 Å². The number of primary sulfonamides is 1. The average Bonchev–Trinajstić information content (AvgIpc) is 2.81. The summed E-state index contributed by atoms with van der Waals surface area (Å²) in [6.07, 6.45) is 1.42. The van der Waals surface area contributed by atoms with Gasteiger partial charge in [0.2, 0.25) is 5.56 Å². The Bertz CT molecular complexity index is 744. The van der Waals surface area contributed by atoms with E-state index in [-0.39, 0.29) is 29.7 Å². The maximum Gasteiger partial charge on any atom is 0.273 e. The summed E-state index contributed by atoms with van der Waals surface area (Å²) in [6.45, 7) is 0.473. The normalized spacial score (nSPS) is 11.7. The average molecular weight is 299 g/mol. The van der Waals surface area contributed by atoms with Gasteiger partial charge < -0.3 is 9.72 Å². The molecule has 0 radical (unpaired) electrons. The Morgan fingerprint density at radius 1 is 1.40 bits per heavy atom. The van der Waals surface area contributed by atoms with Crippen molar-refractivity contribution in [2.24, 2.45) is 5.14 Å². The number of nitrogens with two attached hydrogens (primary N) is 1. The standard InChI is InChI=1S/C10H13N5O4S/c1-19-5-4-15-9(7-2-3-8(16)12-6-7)13-14-10(15)20(11,17)18/h2-3,6H,4-5H2,1H3,(H,12,16)(H2,11,17,18). The number of aromatic amines is 1. The first kappa shape index (κ1) is 14.4. The minimum Gasteiger partial charge on any atom is -0.383 e. The highest BCUT2D eigenvalue weighted by atomic mass is 32.2. The molecule has 20 heavy (non-hydrogen) atoms. The second kappa shape index (κ2) is 5.53. The largest absolute Gasteiger partial charge is 0.383 e. The summed E-state index contributed by atoms with van der Waals surface area (Å²) in [6, 6.07) is 2.82. The summed E-state index contributed by atoms with van der Waals surface area (Å²) in [7, 11) is -2.51. The molecule has 0 atom stereocenters. The second-order valence-electron chi connectivity index (χ2n) is 3.94. The Kier molecular flexibility index (Phi) is 3.97. The predicted octanol–water partition coefficient (Wildman–Crippen LogP) is -1.07. The van der Waals surface area contributed by atoms with Crippen LogP contribution in [0.3, 0.4) is 0 Å². The number of H-pyrrole nitrogens is 1. The van der Waals surface area contributed by atoms with Crippen molar-refractivity contribution >= 4 is 10.0 Å². The first-order chi connectivity index (χ1) is 9.43. The van der Waals surface area contributed by atoms with Crippen LogP contribution in [0.25, 0.3) is 11.4 Å². The van der Waals surface area contributed by atoms with Gasteiger partial charge in [-0.05, 0) is 6.07 Å². The fraction of sp³-hybridized carbons (Fsp3) is 0.300. The van der Waals surface area contributed by atoms with Crippen LogP contribution in [0.15, 0.2) is 28.3 Å². The third-order valence-electron chi connectivity index (χ3n) is 2.53. The van der Waals surface area contributed by atoms with Crippen LogP contribution in [-0.4, -0.2) is 41.9 Å². The highest BCUT2D eigenvalue weighted by Crippen LogP contribution is 2.18. The highest BCUT2D eigenvalue weighted by Gasteiger charge is 2.21. The zero-order valence-electron chi connectivity index (χ0n) is 10.6. The van der Waals surface area contributed by atoms with Gasteiger partial charge in [-0.25, -0.2) is 13.6 Å². The number of methoxy groups -OCH3 is 1. The number of rotatable bonds is 5. The number of pyridine rings is 1. The number of ether oxygens (including phenoxy) is 1. The van der Waals surface area contributed by atoms with Crippen molar-refractivity contribution in [3.8, 4) is 11.4 Å². The molecule has 0 aliphatic heterocycles. The molecule has 0 aromatic carbocycles. The lowest BCUT2D eigenvalue weighted by molar-refractivity contribution is 0.185. The summed E-state index contributed by atoms with van der Waals surface area (Å²) in [5.41, 5.74) is 0.242. The van der Waals surface area contributed by atoms with E-state index in [1.165, 1.54) is 30.0 Å². The number of aromatic nitrogens is 4. The fourth-order valence-corrected chi connectivity index (χ4v) is 2.29. The van der Waals surface area contributed by atoms with Gasteiger partial charge in [0, 0.05) is 24.9 Å². The van der Waals surface area contributed by atoms with Crippen LogP contribution in [0, 0.1) is 0 Å². The van der Waals surface area contributed by atoms with Gasteiger partial charge >= 0.3 is 0 Å². The van der Waals surface area contributed by atoms with E-state index in [0.29, 0.717) is 5.56 Å². The number of sulfonamides is 1. The smallest absolute Gasteiger partial charge is 0.273 e. The maximum atomic E-state index is 11.5. The molecular weight excluding hydrogens is 286 g/mol. The van der Waals surface area contributed by atoms with Crippen molar-refractivity contribution in [2.75, 3.05) is 13.7 Å². The van der Waals surface area contributed by atoms with Crippen molar-refractivity contribution < 1.29 is 13.2 Å². The minimum atomic E-state index is -4.00. The summed E-state index contributed by atoms with van der Waals surface area (Å²) in [5.74, 6) is 0.280. The Labute approximate surface area is 114 Å². The summed E-state index contributed by atoms with van der Waals surface area (Å²) >= 11 is 0. The van der Waals surface area contributed by atoms with Crippen molar-refractivity contribution in [1.82, 2.24) is 19.7 Å². The van der Waals surface area contributed by atoms with Gasteiger partial charge in [-0.15, -0.1) is 10.2 Å². The molecule has 2 rings (SSSR count). The topological polar surface area (TPSA) is 133 Å². The van der Waals surface area contributed by atoms with Crippen molar-refractivity contribution in [2.45, 2.75) is 11.7 Å². The Hall–Kier alpha value is -2.04. The molecule has 10 heteroatoms. The molecule has 2 heterocycles. The molecule has 0 spiro atoms. The molecule has 2 aromatic heterocycles. The molecular formula is C10H13N5O4S. The van der Waals surface area contributed by atoms with Crippen LogP contribution in [0.2, 0.25) is 0 Å². The van der Waals surface area contributed by atoms with Crippen LogP contribution >= 0.6 is 0 Å². The van der Waals surface area contributed by atoms with E-state index in [1.807, 2.05) is 0 Å². The lowest BCUT2D eigenvalue weighted by atomic mass is 10.3. The van der Waals surface area contributed by atoms with Crippen LogP contribution in [0.4, 0.5) is 0 Å². The summed E-state index contributed by atoms with van der Waals surface area (Å²) in [4.78, 5) is 13.5. The van der Waals surface area contributed by atoms with Crippen molar-refractivity contribution in [1.29, 1.82) is 0 Å². The molecule has 0 fully saturated rings. The lowest BCUT2D eigenvalue weighted by Gasteiger charge is -2.08. The Morgan fingerprint density at radius 2 is 2.15 bits per heavy atom. The van der Waals surface area contributed by atoms with Crippen molar-refractivity contribution in [3.63, 3.8) is 0 Å². The molecule has 0 bridgehead atoms. The van der Waals surface area contributed by atoms with E-state index < -0.39 is 10.0 Å². The molecule has 2 aromatic rings. The van der Waals surface area contributed by atoms with Gasteiger partial charge in [-0.1, -0.05) is 0 Å². The first-order valence-corrected chi connectivity index (χ1v) is 7.12.